The Hall–Kier alpha value is -0.820. The largest absolute Gasteiger partial charge is 0.393 e. The maximum absolute atomic E-state index is 14.0. The van der Waals surface area contributed by atoms with Crippen LogP contribution in [0.5, 0.6) is 0 Å². The van der Waals surface area contributed by atoms with Gasteiger partial charge in [0.1, 0.15) is 11.9 Å². The highest BCUT2D eigenvalue weighted by Gasteiger charge is 2.72. The van der Waals surface area contributed by atoms with Gasteiger partial charge in [0.05, 0.1) is 18.8 Å². The zero-order valence-electron chi connectivity index (χ0n) is 20.5. The molecular formula is C27H40O6. The maximum atomic E-state index is 14.0. The zero-order valence-corrected chi connectivity index (χ0v) is 20.5. The van der Waals surface area contributed by atoms with Gasteiger partial charge in [-0.25, -0.2) is 0 Å². The molecule has 33 heavy (non-hydrogen) atoms. The van der Waals surface area contributed by atoms with Crippen LogP contribution >= 0.6 is 0 Å². The maximum Gasteiger partial charge on any atom is 0.171 e. The fraction of sp³-hybridized carbons (Fsp3) is 0.926. The fourth-order valence-corrected chi connectivity index (χ4v) is 9.84. The Balaban J connectivity index is 1.33. The molecule has 1 unspecified atom stereocenters. The van der Waals surface area contributed by atoms with Crippen LogP contribution in [0.4, 0.5) is 0 Å². The first kappa shape index (κ1) is 22.6. The summed E-state index contributed by atoms with van der Waals surface area (Å²) in [5.41, 5.74) is -0.897. The van der Waals surface area contributed by atoms with E-state index in [0.717, 1.165) is 19.3 Å². The number of aliphatic hydroxyl groups is 2. The zero-order chi connectivity index (χ0) is 23.5. The molecule has 2 saturated heterocycles. The molecular weight excluding hydrogens is 420 g/mol. The van der Waals surface area contributed by atoms with Crippen LogP contribution in [0.25, 0.3) is 0 Å². The molecule has 2 aliphatic heterocycles. The van der Waals surface area contributed by atoms with Crippen LogP contribution in [0, 0.1) is 52.3 Å². The lowest BCUT2D eigenvalue weighted by atomic mass is 9.43. The van der Waals surface area contributed by atoms with E-state index in [0.29, 0.717) is 37.6 Å². The lowest BCUT2D eigenvalue weighted by molar-refractivity contribution is -0.272. The highest BCUT2D eigenvalue weighted by atomic mass is 16.7. The van der Waals surface area contributed by atoms with Gasteiger partial charge < -0.3 is 19.7 Å². The molecule has 0 bridgehead atoms. The molecule has 2 N–H and O–H groups in total. The minimum atomic E-state index is -0.978. The Morgan fingerprint density at radius 3 is 2.45 bits per heavy atom. The third-order valence-electron chi connectivity index (χ3n) is 11.6. The molecule has 2 heterocycles. The van der Waals surface area contributed by atoms with E-state index < -0.39 is 28.8 Å². The Morgan fingerprint density at radius 1 is 1.00 bits per heavy atom. The van der Waals surface area contributed by atoms with E-state index in [1.807, 2.05) is 0 Å². The Morgan fingerprint density at radius 2 is 1.76 bits per heavy atom. The highest BCUT2D eigenvalue weighted by Crippen LogP contribution is 2.70. The highest BCUT2D eigenvalue weighted by molar-refractivity contribution is 5.88. The number of carbonyl (C=O) groups is 2. The Bertz CT molecular complexity index is 863. The van der Waals surface area contributed by atoms with Crippen molar-refractivity contribution in [2.24, 2.45) is 52.3 Å². The molecule has 6 aliphatic rings. The number of hydrogen-bond acceptors (Lipinski definition) is 6. The Labute approximate surface area is 196 Å². The molecule has 184 valence electrons. The molecule has 6 heteroatoms. The van der Waals surface area contributed by atoms with Crippen molar-refractivity contribution in [3.63, 3.8) is 0 Å². The first-order chi connectivity index (χ1) is 15.5. The first-order valence-corrected chi connectivity index (χ1v) is 13.2. The number of carbonyl (C=O) groups excluding carboxylic acids is 2. The summed E-state index contributed by atoms with van der Waals surface area (Å²) in [5.74, 6) is 0.802. The van der Waals surface area contributed by atoms with Gasteiger partial charge in [-0.3, -0.25) is 9.59 Å². The van der Waals surface area contributed by atoms with Crippen LogP contribution in [-0.4, -0.2) is 52.5 Å². The molecule has 4 saturated carbocycles. The van der Waals surface area contributed by atoms with Gasteiger partial charge in [-0.15, -0.1) is 0 Å². The molecule has 4 aliphatic carbocycles. The normalized spacial score (nSPS) is 60.3. The summed E-state index contributed by atoms with van der Waals surface area (Å²) in [4.78, 5) is 26.6. The van der Waals surface area contributed by atoms with Crippen LogP contribution < -0.4 is 0 Å². The minimum absolute atomic E-state index is 0.0172. The predicted molar refractivity (Wildman–Crippen MR) is 120 cm³/mol. The van der Waals surface area contributed by atoms with E-state index in [1.165, 1.54) is 0 Å². The van der Waals surface area contributed by atoms with Crippen LogP contribution in [0.1, 0.15) is 72.6 Å². The fourth-order valence-electron chi connectivity index (χ4n) is 9.84. The lowest BCUT2D eigenvalue weighted by Gasteiger charge is -2.61. The van der Waals surface area contributed by atoms with Crippen molar-refractivity contribution in [2.45, 2.75) is 96.7 Å². The average Bonchev–Trinajstić information content (AvgIpc) is 3.20. The second-order valence-corrected chi connectivity index (χ2v) is 13.1. The van der Waals surface area contributed by atoms with Gasteiger partial charge in [0.2, 0.25) is 0 Å². The smallest absolute Gasteiger partial charge is 0.171 e. The second kappa shape index (κ2) is 7.11. The van der Waals surface area contributed by atoms with Gasteiger partial charge in [-0.2, -0.15) is 0 Å². The van der Waals surface area contributed by atoms with Crippen molar-refractivity contribution in [3.05, 3.63) is 0 Å². The van der Waals surface area contributed by atoms with Crippen LogP contribution in [0.15, 0.2) is 0 Å². The van der Waals surface area contributed by atoms with Crippen molar-refractivity contribution < 1.29 is 29.3 Å². The first-order valence-electron chi connectivity index (χ1n) is 13.2. The summed E-state index contributed by atoms with van der Waals surface area (Å²) >= 11 is 0. The van der Waals surface area contributed by atoms with Crippen molar-refractivity contribution in [2.75, 3.05) is 6.61 Å². The van der Waals surface area contributed by atoms with Gasteiger partial charge in [0.25, 0.3) is 0 Å². The predicted octanol–water partition coefficient (Wildman–Crippen LogP) is 3.12. The van der Waals surface area contributed by atoms with Crippen molar-refractivity contribution in [1.29, 1.82) is 0 Å². The van der Waals surface area contributed by atoms with E-state index in [2.05, 4.69) is 27.7 Å². The van der Waals surface area contributed by atoms with Gasteiger partial charge in [0.15, 0.2) is 11.6 Å². The summed E-state index contributed by atoms with van der Waals surface area (Å²) in [7, 11) is 0. The number of ether oxygens (including phenoxy) is 2. The number of hydrogen-bond donors (Lipinski definition) is 2. The molecule has 6 rings (SSSR count). The quantitative estimate of drug-likeness (QED) is 0.577. The lowest BCUT2D eigenvalue weighted by Crippen LogP contribution is -2.62. The number of aliphatic hydroxyl groups excluding tert-OH is 2. The molecule has 0 radical (unpaired) electrons. The van der Waals surface area contributed by atoms with Gasteiger partial charge in [-0.1, -0.05) is 27.7 Å². The molecule has 6 nitrogen and oxygen atoms in total. The van der Waals surface area contributed by atoms with Crippen molar-refractivity contribution in [3.8, 4) is 0 Å². The van der Waals surface area contributed by atoms with E-state index in [4.69, 9.17) is 9.47 Å². The summed E-state index contributed by atoms with van der Waals surface area (Å²) < 4.78 is 13.1. The minimum Gasteiger partial charge on any atom is -0.393 e. The average molecular weight is 461 g/mol. The number of rotatable bonds is 0. The van der Waals surface area contributed by atoms with E-state index in [-0.39, 0.29) is 53.8 Å². The number of fused-ring (bicyclic) bond motifs is 7. The molecule has 0 aromatic rings. The van der Waals surface area contributed by atoms with E-state index >= 15 is 0 Å². The van der Waals surface area contributed by atoms with Crippen LogP contribution in [0.3, 0.4) is 0 Å². The monoisotopic (exact) mass is 460 g/mol. The standard InChI is InChI=1S/C27H40O6/c1-13-5-6-27(32-12-13)14(2)24-22(33-27)9-17-15-7-19(28)18-8-20(29)21(30)11-25(18,3)16(15)10-23(31)26(17,24)4/h13-20,22,24,28-29H,5-12H2,1-4H3/t13-,14-,15+,16-,17-,18?,19+,20+,22-,24-,25+,26+,27+/m0/s1. The van der Waals surface area contributed by atoms with E-state index in [1.54, 1.807) is 0 Å². The summed E-state index contributed by atoms with van der Waals surface area (Å²) in [6.07, 6.45) is 3.04. The Kier molecular flexibility index (Phi) is 4.88. The summed E-state index contributed by atoms with van der Waals surface area (Å²) in [6, 6.07) is 0. The molecule has 1 spiro atoms. The van der Waals surface area contributed by atoms with E-state index in [9.17, 15) is 19.8 Å². The molecule has 6 fully saturated rings. The van der Waals surface area contributed by atoms with Crippen molar-refractivity contribution in [1.82, 2.24) is 0 Å². The molecule has 0 aromatic heterocycles. The van der Waals surface area contributed by atoms with Crippen molar-refractivity contribution >= 4 is 11.6 Å². The third-order valence-corrected chi connectivity index (χ3v) is 11.6. The second-order valence-electron chi connectivity index (χ2n) is 13.1. The number of ketones is 2. The van der Waals surface area contributed by atoms with Crippen LogP contribution in [-0.2, 0) is 19.1 Å². The summed E-state index contributed by atoms with van der Waals surface area (Å²) in [5, 5.41) is 21.4. The SMILES string of the molecule is C[C@H]1CC[C@@]2(OC1)O[C@H]1C[C@H]3[C@@H]4C[C@@H](O)C5C[C@@H](O)C(=O)C[C@]5(C)[C@H]4CC(=O)[C@]3(C)[C@H]1[C@@H]2C. The molecule has 13 atom stereocenters. The van der Waals surface area contributed by atoms with Gasteiger partial charge in [-0.05, 0) is 60.7 Å². The number of Topliss-reactive ketones (excluding diaryl/α,β-unsaturated/α-hetero) is 2. The molecule has 0 aromatic carbocycles. The summed E-state index contributed by atoms with van der Waals surface area (Å²) in [6.45, 7) is 9.42. The topological polar surface area (TPSA) is 93.1 Å². The van der Waals surface area contributed by atoms with Gasteiger partial charge >= 0.3 is 0 Å². The van der Waals surface area contributed by atoms with Gasteiger partial charge in [0, 0.05) is 36.5 Å². The van der Waals surface area contributed by atoms with Crippen LogP contribution in [0.2, 0.25) is 0 Å². The third kappa shape index (κ3) is 2.81. The molecule has 0 amide bonds.